The average molecular weight is 726 g/mol. The van der Waals surface area contributed by atoms with Gasteiger partial charge in [0.1, 0.15) is 17.7 Å². The average Bonchev–Trinajstić information content (AvgIpc) is 4.05. The first-order chi connectivity index (χ1) is 26.3. The van der Waals surface area contributed by atoms with Gasteiger partial charge in [0.15, 0.2) is 0 Å². The van der Waals surface area contributed by atoms with Crippen molar-refractivity contribution < 1.29 is 19.1 Å². The molecule has 3 amide bonds. The number of benzene rings is 3. The minimum absolute atomic E-state index is 0.0809. The Hall–Kier alpha value is -5.71. The van der Waals surface area contributed by atoms with Crippen LogP contribution in [0.1, 0.15) is 69.6 Å². The second-order valence-electron chi connectivity index (χ2n) is 15.3. The van der Waals surface area contributed by atoms with Crippen LogP contribution in [0.25, 0.3) is 33.6 Å². The Balaban J connectivity index is 0.929. The van der Waals surface area contributed by atoms with E-state index >= 15 is 0 Å². The fourth-order valence-electron chi connectivity index (χ4n) is 8.99. The van der Waals surface area contributed by atoms with Gasteiger partial charge in [0.25, 0.3) is 0 Å². The van der Waals surface area contributed by atoms with Crippen molar-refractivity contribution in [3.63, 3.8) is 0 Å². The van der Waals surface area contributed by atoms with Gasteiger partial charge in [-0.25, -0.2) is 14.8 Å². The SMILES string of the molecule is COC(=O)N[C@H](C(=O)N1CCC[C@H]1c1ncc(-c2ccc(-c3ccc(-c4cnc(C5C6CCC(C6)[C@@H]5C(=O)Nc5ccccc5)[nH]4)cc3)cc2)[nH]1)C(C)C. The molecule has 1 saturated heterocycles. The molecule has 11 heteroatoms. The van der Waals surface area contributed by atoms with E-state index in [4.69, 9.17) is 9.72 Å². The van der Waals surface area contributed by atoms with Crippen molar-refractivity contribution in [2.24, 2.45) is 23.7 Å². The molecular weight excluding hydrogens is 679 g/mol. The van der Waals surface area contributed by atoms with Crippen LogP contribution in [-0.4, -0.2) is 62.4 Å². The standard InChI is InChI=1S/C43H47N7O4/c1-25(2)38(49-43(53)54-3)42(52)50-21-7-10-35(50)39-44-23-33(47-39)28-15-11-26(12-16-28)27-13-17-29(18-14-27)34-24-45-40(48-34)36-30-19-20-31(22-30)37(36)41(51)46-32-8-5-4-6-9-32/h4-6,8-9,11-18,23-25,30-31,35-38H,7,10,19-22H2,1-3H3,(H,44,47)(H,45,48)(H,46,51)(H,49,53)/t30?,31?,35-,36?,37-,38-/m0/s1. The summed E-state index contributed by atoms with van der Waals surface area (Å²) in [6.45, 7) is 4.43. The maximum Gasteiger partial charge on any atom is 0.407 e. The summed E-state index contributed by atoms with van der Waals surface area (Å²) < 4.78 is 4.76. The van der Waals surface area contributed by atoms with Crippen molar-refractivity contribution in [2.45, 2.75) is 64.0 Å². The number of alkyl carbamates (subject to hydrolysis) is 1. The molecule has 8 rings (SSSR count). The topological polar surface area (TPSA) is 145 Å². The van der Waals surface area contributed by atoms with Gasteiger partial charge < -0.3 is 30.2 Å². The lowest BCUT2D eigenvalue weighted by atomic mass is 9.78. The third kappa shape index (κ3) is 6.90. The van der Waals surface area contributed by atoms with Crippen LogP contribution in [0, 0.1) is 23.7 Å². The minimum Gasteiger partial charge on any atom is -0.453 e. The number of hydrogen-bond acceptors (Lipinski definition) is 6. The van der Waals surface area contributed by atoms with Gasteiger partial charge in [-0.05, 0) is 84.2 Å². The van der Waals surface area contributed by atoms with Gasteiger partial charge in [-0.1, -0.05) is 80.6 Å². The number of H-pyrrole nitrogens is 2. The zero-order valence-corrected chi connectivity index (χ0v) is 30.9. The number of carbonyl (C=O) groups excluding carboxylic acids is 3. The predicted molar refractivity (Wildman–Crippen MR) is 207 cm³/mol. The fourth-order valence-corrected chi connectivity index (χ4v) is 8.99. The summed E-state index contributed by atoms with van der Waals surface area (Å²) >= 11 is 0. The molecule has 1 aliphatic heterocycles. The third-order valence-electron chi connectivity index (χ3n) is 11.7. The highest BCUT2D eigenvalue weighted by atomic mass is 16.5. The number of carbonyl (C=O) groups is 3. The summed E-state index contributed by atoms with van der Waals surface area (Å²) in [5.41, 5.74) is 6.91. The van der Waals surface area contributed by atoms with Crippen molar-refractivity contribution in [2.75, 3.05) is 19.0 Å². The largest absolute Gasteiger partial charge is 0.453 e. The van der Waals surface area contributed by atoms with Crippen LogP contribution in [0.2, 0.25) is 0 Å². The number of methoxy groups -OCH3 is 1. The lowest BCUT2D eigenvalue weighted by Crippen LogP contribution is -2.51. The number of aromatic nitrogens is 4. The Morgan fingerprint density at radius 2 is 1.37 bits per heavy atom. The lowest BCUT2D eigenvalue weighted by molar-refractivity contribution is -0.135. The summed E-state index contributed by atoms with van der Waals surface area (Å²) in [6, 6.07) is 25.7. The minimum atomic E-state index is -0.675. The molecule has 2 saturated carbocycles. The van der Waals surface area contributed by atoms with Gasteiger partial charge in [-0.3, -0.25) is 9.59 Å². The molecule has 6 atom stereocenters. The zero-order valence-electron chi connectivity index (χ0n) is 30.9. The van der Waals surface area contributed by atoms with E-state index in [1.165, 1.54) is 7.11 Å². The lowest BCUT2D eigenvalue weighted by Gasteiger charge is -2.30. The molecule has 2 aromatic heterocycles. The Morgan fingerprint density at radius 3 is 2.00 bits per heavy atom. The highest BCUT2D eigenvalue weighted by molar-refractivity contribution is 5.93. The fraction of sp³-hybridized carbons (Fsp3) is 0.372. The highest BCUT2D eigenvalue weighted by Gasteiger charge is 2.52. The summed E-state index contributed by atoms with van der Waals surface area (Å²) in [4.78, 5) is 57.4. The molecule has 2 bridgehead atoms. The van der Waals surface area contributed by atoms with Gasteiger partial charge in [-0.2, -0.15) is 0 Å². The maximum absolute atomic E-state index is 13.5. The number of nitrogens with one attached hydrogen (secondary N) is 4. The maximum atomic E-state index is 13.5. The molecule has 4 N–H and O–H groups in total. The summed E-state index contributed by atoms with van der Waals surface area (Å²) in [5.74, 6) is 2.41. The molecule has 278 valence electrons. The normalized spacial score (nSPS) is 22.4. The van der Waals surface area contributed by atoms with Gasteiger partial charge in [0.05, 0.1) is 42.9 Å². The molecule has 11 nitrogen and oxygen atoms in total. The predicted octanol–water partition coefficient (Wildman–Crippen LogP) is 7.95. The van der Waals surface area contributed by atoms with E-state index in [1.807, 2.05) is 61.5 Å². The molecule has 3 heterocycles. The molecule has 3 aliphatic rings. The van der Waals surface area contributed by atoms with Gasteiger partial charge in [0.2, 0.25) is 11.8 Å². The first-order valence-corrected chi connectivity index (χ1v) is 19.1. The Bertz CT molecular complexity index is 2110. The van der Waals surface area contributed by atoms with Crippen LogP contribution in [0.5, 0.6) is 0 Å². The molecule has 3 unspecified atom stereocenters. The van der Waals surface area contributed by atoms with Crippen LogP contribution < -0.4 is 10.6 Å². The third-order valence-corrected chi connectivity index (χ3v) is 11.7. The number of rotatable bonds is 10. The van der Waals surface area contributed by atoms with E-state index in [0.717, 1.165) is 83.1 Å². The molecule has 5 aromatic rings. The molecular formula is C43H47N7O4. The van der Waals surface area contributed by atoms with E-state index < -0.39 is 12.1 Å². The first kappa shape index (κ1) is 35.3. The van der Waals surface area contributed by atoms with E-state index in [1.54, 1.807) is 0 Å². The number of nitrogens with zero attached hydrogens (tertiary/aromatic N) is 3. The Labute approximate surface area is 315 Å². The molecule has 0 spiro atoms. The van der Waals surface area contributed by atoms with Crippen molar-refractivity contribution >= 4 is 23.6 Å². The van der Waals surface area contributed by atoms with Crippen molar-refractivity contribution in [1.82, 2.24) is 30.2 Å². The second kappa shape index (κ2) is 15.0. The van der Waals surface area contributed by atoms with Crippen molar-refractivity contribution in [3.05, 3.63) is 103 Å². The van der Waals surface area contributed by atoms with E-state index in [0.29, 0.717) is 18.4 Å². The number of likely N-dealkylation sites (tertiary alicyclic amines) is 1. The summed E-state index contributed by atoms with van der Waals surface area (Å²) in [6.07, 6.45) is 8.09. The second-order valence-corrected chi connectivity index (χ2v) is 15.3. The van der Waals surface area contributed by atoms with Crippen LogP contribution in [-0.2, 0) is 14.3 Å². The number of fused-ring (bicyclic) bond motifs is 2. The number of anilines is 1. The van der Waals surface area contributed by atoms with Gasteiger partial charge in [0, 0.05) is 18.2 Å². The number of amides is 3. The zero-order chi connectivity index (χ0) is 37.3. The molecule has 54 heavy (non-hydrogen) atoms. The quantitative estimate of drug-likeness (QED) is 0.115. The molecule has 0 radical (unpaired) electrons. The van der Waals surface area contributed by atoms with Crippen LogP contribution in [0.3, 0.4) is 0 Å². The Morgan fingerprint density at radius 1 is 0.778 bits per heavy atom. The van der Waals surface area contributed by atoms with E-state index in [-0.39, 0.29) is 35.6 Å². The van der Waals surface area contributed by atoms with Gasteiger partial charge >= 0.3 is 6.09 Å². The summed E-state index contributed by atoms with van der Waals surface area (Å²) in [5, 5.41) is 5.86. The number of imidazole rings is 2. The summed E-state index contributed by atoms with van der Waals surface area (Å²) in [7, 11) is 1.30. The number of ether oxygens (including phenoxy) is 1. The molecule has 3 aromatic carbocycles. The van der Waals surface area contributed by atoms with Gasteiger partial charge in [-0.15, -0.1) is 0 Å². The number of para-hydroxylation sites is 1. The first-order valence-electron chi connectivity index (χ1n) is 19.1. The smallest absolute Gasteiger partial charge is 0.407 e. The monoisotopic (exact) mass is 725 g/mol. The highest BCUT2D eigenvalue weighted by Crippen LogP contribution is 2.56. The van der Waals surface area contributed by atoms with Crippen LogP contribution >= 0.6 is 0 Å². The molecule has 2 aliphatic carbocycles. The van der Waals surface area contributed by atoms with E-state index in [2.05, 4.69) is 74.1 Å². The van der Waals surface area contributed by atoms with Crippen molar-refractivity contribution in [3.8, 4) is 33.6 Å². The van der Waals surface area contributed by atoms with Crippen LogP contribution in [0.15, 0.2) is 91.3 Å². The molecule has 3 fully saturated rings. The number of hydrogen-bond donors (Lipinski definition) is 4. The van der Waals surface area contributed by atoms with E-state index in [9.17, 15) is 14.4 Å². The van der Waals surface area contributed by atoms with Crippen molar-refractivity contribution in [1.29, 1.82) is 0 Å². The Kier molecular flexibility index (Phi) is 9.79. The van der Waals surface area contributed by atoms with Crippen LogP contribution in [0.4, 0.5) is 10.5 Å². The number of aromatic amines is 2.